The summed E-state index contributed by atoms with van der Waals surface area (Å²) in [4.78, 5) is 13.8. The molecule has 0 aliphatic rings. The van der Waals surface area contributed by atoms with Gasteiger partial charge in [-0.05, 0) is 19.4 Å². The SMILES string of the molecule is CC.CCCN(/C=C(\C)Br)c1ncnc2[nH]ccc12. The van der Waals surface area contributed by atoms with Crippen LogP contribution in [0.15, 0.2) is 29.3 Å². The van der Waals surface area contributed by atoms with Crippen molar-refractivity contribution in [3.63, 3.8) is 0 Å². The van der Waals surface area contributed by atoms with Crippen molar-refractivity contribution in [3.8, 4) is 0 Å². The molecule has 2 heterocycles. The number of allylic oxidation sites excluding steroid dienone is 1. The Morgan fingerprint density at radius 2 is 2.16 bits per heavy atom. The number of hydrogen-bond acceptors (Lipinski definition) is 3. The lowest BCUT2D eigenvalue weighted by Crippen LogP contribution is -2.18. The third-order valence-electron chi connectivity index (χ3n) is 2.40. The van der Waals surface area contributed by atoms with Gasteiger partial charge in [0.2, 0.25) is 0 Å². The van der Waals surface area contributed by atoms with Crippen LogP contribution in [0.1, 0.15) is 34.1 Å². The van der Waals surface area contributed by atoms with Crippen molar-refractivity contribution in [2.75, 3.05) is 11.4 Å². The Bertz CT molecular complexity index is 529. The van der Waals surface area contributed by atoms with E-state index in [0.29, 0.717) is 0 Å². The predicted octanol–water partition coefficient (Wildman–Crippen LogP) is 4.46. The van der Waals surface area contributed by atoms with E-state index in [1.807, 2.05) is 33.0 Å². The summed E-state index contributed by atoms with van der Waals surface area (Å²) in [5.74, 6) is 0.942. The highest BCUT2D eigenvalue weighted by molar-refractivity contribution is 9.11. The maximum Gasteiger partial charge on any atom is 0.145 e. The van der Waals surface area contributed by atoms with E-state index in [0.717, 1.165) is 34.3 Å². The Balaban J connectivity index is 0.000000861. The monoisotopic (exact) mass is 324 g/mol. The van der Waals surface area contributed by atoms with Crippen LogP contribution in [0.25, 0.3) is 11.0 Å². The molecule has 0 aliphatic heterocycles. The molecule has 0 fully saturated rings. The molecule has 4 nitrogen and oxygen atoms in total. The summed E-state index contributed by atoms with van der Waals surface area (Å²) in [6.07, 6.45) is 6.59. The third kappa shape index (κ3) is 4.06. The fourth-order valence-electron chi connectivity index (χ4n) is 1.77. The fourth-order valence-corrected chi connectivity index (χ4v) is 2.02. The molecule has 0 aromatic carbocycles. The second-order valence-corrected chi connectivity index (χ2v) is 5.10. The van der Waals surface area contributed by atoms with Gasteiger partial charge in [-0.3, -0.25) is 0 Å². The summed E-state index contributed by atoms with van der Waals surface area (Å²) in [6.45, 7) is 9.10. The molecule has 0 amide bonds. The van der Waals surface area contributed by atoms with Gasteiger partial charge in [-0.1, -0.05) is 36.7 Å². The molecule has 0 unspecified atom stereocenters. The van der Waals surface area contributed by atoms with Crippen LogP contribution in [-0.4, -0.2) is 21.5 Å². The molecule has 19 heavy (non-hydrogen) atoms. The van der Waals surface area contributed by atoms with Crippen LogP contribution in [0.3, 0.4) is 0 Å². The normalized spacial score (nSPS) is 11.1. The van der Waals surface area contributed by atoms with Gasteiger partial charge in [-0.15, -0.1) is 0 Å². The van der Waals surface area contributed by atoms with E-state index in [1.165, 1.54) is 0 Å². The largest absolute Gasteiger partial charge is 0.346 e. The van der Waals surface area contributed by atoms with E-state index in [1.54, 1.807) is 6.33 Å². The Morgan fingerprint density at radius 3 is 2.79 bits per heavy atom. The Morgan fingerprint density at radius 1 is 1.42 bits per heavy atom. The number of anilines is 1. The van der Waals surface area contributed by atoms with E-state index < -0.39 is 0 Å². The van der Waals surface area contributed by atoms with Crippen molar-refractivity contribution < 1.29 is 0 Å². The zero-order valence-electron chi connectivity index (χ0n) is 11.9. The van der Waals surface area contributed by atoms with Crippen LogP contribution in [0.4, 0.5) is 5.82 Å². The standard InChI is InChI=1S/C12H15BrN4.C2H6/c1-3-6-17(7-9(2)13)12-10-4-5-14-11(10)15-8-16-12;1-2/h4-5,7-8H,3,6H2,1-2H3,(H,14,15,16);1-2H3/b9-7+;. The maximum absolute atomic E-state index is 4.38. The first-order chi connectivity index (χ1) is 9.22. The molecular weight excluding hydrogens is 304 g/mol. The fraction of sp³-hybridized carbons (Fsp3) is 0.429. The molecule has 104 valence electrons. The van der Waals surface area contributed by atoms with Crippen molar-refractivity contribution >= 4 is 32.8 Å². The molecule has 0 radical (unpaired) electrons. The van der Waals surface area contributed by atoms with Crippen molar-refractivity contribution in [2.45, 2.75) is 34.1 Å². The van der Waals surface area contributed by atoms with Crippen LogP contribution in [0, 0.1) is 0 Å². The van der Waals surface area contributed by atoms with Crippen LogP contribution in [0.5, 0.6) is 0 Å². The summed E-state index contributed by atoms with van der Waals surface area (Å²) >= 11 is 3.47. The van der Waals surface area contributed by atoms with Crippen molar-refractivity contribution in [1.82, 2.24) is 15.0 Å². The number of nitrogens with zero attached hydrogens (tertiary/aromatic N) is 3. The van der Waals surface area contributed by atoms with E-state index in [-0.39, 0.29) is 0 Å². The van der Waals surface area contributed by atoms with Gasteiger partial charge in [0.15, 0.2) is 0 Å². The second-order valence-electron chi connectivity index (χ2n) is 3.85. The summed E-state index contributed by atoms with van der Waals surface area (Å²) in [5, 5.41) is 1.05. The average molecular weight is 325 g/mol. The van der Waals surface area contributed by atoms with Crippen molar-refractivity contribution in [2.24, 2.45) is 0 Å². The van der Waals surface area contributed by atoms with E-state index in [9.17, 15) is 0 Å². The summed E-state index contributed by atoms with van der Waals surface area (Å²) < 4.78 is 1.08. The predicted molar refractivity (Wildman–Crippen MR) is 85.6 cm³/mol. The first-order valence-corrected chi connectivity index (χ1v) is 7.40. The van der Waals surface area contributed by atoms with Crippen LogP contribution >= 0.6 is 15.9 Å². The summed E-state index contributed by atoms with van der Waals surface area (Å²) in [5.41, 5.74) is 0.872. The Kier molecular flexibility index (Phi) is 6.56. The van der Waals surface area contributed by atoms with Crippen LogP contribution in [-0.2, 0) is 0 Å². The Hall–Kier alpha value is -1.36. The molecule has 2 aromatic rings. The summed E-state index contributed by atoms with van der Waals surface area (Å²) in [7, 11) is 0. The highest BCUT2D eigenvalue weighted by Crippen LogP contribution is 2.23. The van der Waals surface area contributed by atoms with Crippen LogP contribution < -0.4 is 4.90 Å². The molecule has 2 aromatic heterocycles. The molecule has 5 heteroatoms. The molecule has 2 rings (SSSR count). The lowest BCUT2D eigenvalue weighted by atomic mass is 10.3. The zero-order chi connectivity index (χ0) is 14.3. The molecule has 0 atom stereocenters. The number of H-pyrrole nitrogens is 1. The van der Waals surface area contributed by atoms with Crippen LogP contribution in [0.2, 0.25) is 0 Å². The molecule has 0 saturated carbocycles. The number of fused-ring (bicyclic) bond motifs is 1. The highest BCUT2D eigenvalue weighted by Gasteiger charge is 2.10. The first-order valence-electron chi connectivity index (χ1n) is 6.61. The van der Waals surface area contributed by atoms with Gasteiger partial charge in [-0.2, -0.15) is 0 Å². The topological polar surface area (TPSA) is 44.8 Å². The van der Waals surface area contributed by atoms with E-state index in [2.05, 4.69) is 48.9 Å². The average Bonchev–Trinajstić information content (AvgIpc) is 2.88. The number of aromatic nitrogens is 3. The maximum atomic E-state index is 4.38. The lowest BCUT2D eigenvalue weighted by molar-refractivity contribution is 0.866. The van der Waals surface area contributed by atoms with E-state index in [4.69, 9.17) is 0 Å². The van der Waals surface area contributed by atoms with Gasteiger partial charge in [0.05, 0.1) is 5.39 Å². The molecule has 0 saturated heterocycles. The molecule has 0 spiro atoms. The zero-order valence-corrected chi connectivity index (χ0v) is 13.5. The Labute approximate surface area is 123 Å². The van der Waals surface area contributed by atoms with Gasteiger partial charge in [0.1, 0.15) is 17.8 Å². The number of aromatic amines is 1. The minimum absolute atomic E-state index is 0.872. The minimum Gasteiger partial charge on any atom is -0.346 e. The van der Waals surface area contributed by atoms with Gasteiger partial charge in [0.25, 0.3) is 0 Å². The highest BCUT2D eigenvalue weighted by atomic mass is 79.9. The third-order valence-corrected chi connectivity index (χ3v) is 2.61. The first kappa shape index (κ1) is 15.7. The smallest absolute Gasteiger partial charge is 0.145 e. The van der Waals surface area contributed by atoms with Crippen molar-refractivity contribution in [3.05, 3.63) is 29.3 Å². The molecule has 0 aliphatic carbocycles. The number of nitrogens with one attached hydrogen (secondary N) is 1. The van der Waals surface area contributed by atoms with Gasteiger partial charge in [0, 0.05) is 23.4 Å². The number of rotatable bonds is 4. The molecule has 0 bridgehead atoms. The summed E-state index contributed by atoms with van der Waals surface area (Å²) in [6, 6.07) is 2.00. The lowest BCUT2D eigenvalue weighted by Gasteiger charge is -2.19. The molecular formula is C14H21BrN4. The quantitative estimate of drug-likeness (QED) is 0.903. The van der Waals surface area contributed by atoms with Gasteiger partial charge >= 0.3 is 0 Å². The number of halogens is 1. The van der Waals surface area contributed by atoms with Crippen molar-refractivity contribution in [1.29, 1.82) is 0 Å². The second kappa shape index (κ2) is 7.94. The number of hydrogen-bond donors (Lipinski definition) is 1. The minimum atomic E-state index is 0.872. The molecule has 1 N–H and O–H groups in total. The van der Waals surface area contributed by atoms with Gasteiger partial charge in [-0.25, -0.2) is 9.97 Å². The van der Waals surface area contributed by atoms with E-state index >= 15 is 0 Å². The van der Waals surface area contributed by atoms with Gasteiger partial charge < -0.3 is 9.88 Å².